The van der Waals surface area contributed by atoms with Crippen molar-refractivity contribution < 1.29 is 19.1 Å². The lowest BCUT2D eigenvalue weighted by atomic mass is 10.0. The summed E-state index contributed by atoms with van der Waals surface area (Å²) in [6.07, 6.45) is 0.957. The van der Waals surface area contributed by atoms with E-state index in [9.17, 15) is 9.59 Å². The highest BCUT2D eigenvalue weighted by molar-refractivity contribution is 7.15. The maximum atomic E-state index is 12.8. The third kappa shape index (κ3) is 5.07. The molecule has 156 valence electrons. The molecule has 1 aromatic heterocycles. The Hall–Kier alpha value is -3.12. The molecule has 0 saturated carbocycles. The summed E-state index contributed by atoms with van der Waals surface area (Å²) < 4.78 is 10.8. The number of ether oxygens (including phenoxy) is 2. The van der Waals surface area contributed by atoms with Crippen LogP contribution in [0.3, 0.4) is 0 Å². The topological polar surface area (TPSA) is 64.6 Å². The summed E-state index contributed by atoms with van der Waals surface area (Å²) in [6.45, 7) is 3.99. The monoisotopic (exact) mass is 423 g/mol. The van der Waals surface area contributed by atoms with Crippen LogP contribution in [-0.2, 0) is 16.0 Å². The zero-order valence-electron chi connectivity index (χ0n) is 17.4. The summed E-state index contributed by atoms with van der Waals surface area (Å²) in [5.41, 5.74) is 3.98. The second-order valence-electron chi connectivity index (χ2n) is 6.81. The second-order valence-corrected chi connectivity index (χ2v) is 7.69. The first kappa shape index (κ1) is 21.6. The predicted molar refractivity (Wildman–Crippen MR) is 120 cm³/mol. The number of rotatable bonds is 8. The molecule has 0 aliphatic heterocycles. The van der Waals surface area contributed by atoms with Crippen LogP contribution in [0.15, 0.2) is 53.9 Å². The third-order valence-corrected chi connectivity index (χ3v) is 5.55. The number of amides is 1. The van der Waals surface area contributed by atoms with Crippen molar-refractivity contribution in [1.82, 2.24) is 0 Å². The zero-order valence-corrected chi connectivity index (χ0v) is 18.2. The van der Waals surface area contributed by atoms with Gasteiger partial charge in [-0.2, -0.15) is 0 Å². The maximum Gasteiger partial charge on any atom is 0.341 e. The van der Waals surface area contributed by atoms with Crippen LogP contribution in [-0.4, -0.2) is 25.6 Å². The van der Waals surface area contributed by atoms with Crippen LogP contribution in [0.25, 0.3) is 11.1 Å². The molecule has 0 aliphatic rings. The van der Waals surface area contributed by atoms with Crippen molar-refractivity contribution in [3.05, 3.63) is 70.6 Å². The molecule has 1 heterocycles. The number of carbonyl (C=O) groups excluding carboxylic acids is 2. The van der Waals surface area contributed by atoms with Gasteiger partial charge in [0.15, 0.2) is 0 Å². The molecule has 0 unspecified atom stereocenters. The number of thiophene rings is 1. The third-order valence-electron chi connectivity index (χ3n) is 4.65. The molecule has 30 heavy (non-hydrogen) atoms. The van der Waals surface area contributed by atoms with Gasteiger partial charge in [-0.1, -0.05) is 42.0 Å². The van der Waals surface area contributed by atoms with E-state index in [1.165, 1.54) is 11.3 Å². The van der Waals surface area contributed by atoms with Crippen LogP contribution in [0, 0.1) is 6.92 Å². The van der Waals surface area contributed by atoms with Gasteiger partial charge in [-0.05, 0) is 38.0 Å². The van der Waals surface area contributed by atoms with Gasteiger partial charge in [0.2, 0.25) is 5.91 Å². The molecule has 1 amide bonds. The van der Waals surface area contributed by atoms with Crippen molar-refractivity contribution in [1.29, 1.82) is 0 Å². The molecule has 0 atom stereocenters. The first-order chi connectivity index (χ1) is 14.5. The van der Waals surface area contributed by atoms with E-state index in [1.807, 2.05) is 60.8 Å². The number of anilines is 1. The fraction of sp³-hybridized carbons (Fsp3) is 0.250. The number of aryl methyl sites for hydroxylation is 2. The molecule has 0 spiro atoms. The van der Waals surface area contributed by atoms with Gasteiger partial charge in [0.05, 0.1) is 13.7 Å². The van der Waals surface area contributed by atoms with Gasteiger partial charge < -0.3 is 14.8 Å². The van der Waals surface area contributed by atoms with Gasteiger partial charge in [-0.15, -0.1) is 11.3 Å². The highest BCUT2D eigenvalue weighted by atomic mass is 32.1. The second kappa shape index (κ2) is 10.1. The summed E-state index contributed by atoms with van der Waals surface area (Å²) >= 11 is 1.31. The SMILES string of the molecule is CCOC(=O)c1c(-c2cc(C)ccc2OC)csc1NC(=O)CCc1ccccc1. The molecule has 2 aromatic carbocycles. The van der Waals surface area contributed by atoms with Gasteiger partial charge in [-0.25, -0.2) is 4.79 Å². The van der Waals surface area contributed by atoms with E-state index >= 15 is 0 Å². The highest BCUT2D eigenvalue weighted by Gasteiger charge is 2.24. The molecule has 0 bridgehead atoms. The van der Waals surface area contributed by atoms with Crippen LogP contribution in [0.2, 0.25) is 0 Å². The van der Waals surface area contributed by atoms with Crippen LogP contribution in [0.5, 0.6) is 5.75 Å². The number of hydrogen-bond donors (Lipinski definition) is 1. The van der Waals surface area contributed by atoms with Crippen LogP contribution < -0.4 is 10.1 Å². The van der Waals surface area contributed by atoms with Crippen molar-refractivity contribution in [3.63, 3.8) is 0 Å². The van der Waals surface area contributed by atoms with Crippen LogP contribution in [0.1, 0.15) is 34.8 Å². The molecule has 3 rings (SSSR count). The number of benzene rings is 2. The summed E-state index contributed by atoms with van der Waals surface area (Å²) in [7, 11) is 1.59. The summed E-state index contributed by atoms with van der Waals surface area (Å²) in [5, 5.41) is 5.25. The van der Waals surface area contributed by atoms with Gasteiger partial charge >= 0.3 is 5.97 Å². The van der Waals surface area contributed by atoms with E-state index in [-0.39, 0.29) is 12.5 Å². The average Bonchev–Trinajstić information content (AvgIpc) is 3.16. The van der Waals surface area contributed by atoms with E-state index in [0.717, 1.165) is 16.7 Å². The molecule has 0 fully saturated rings. The van der Waals surface area contributed by atoms with Crippen molar-refractivity contribution >= 4 is 28.2 Å². The van der Waals surface area contributed by atoms with E-state index in [2.05, 4.69) is 5.32 Å². The summed E-state index contributed by atoms with van der Waals surface area (Å²) in [4.78, 5) is 25.3. The normalized spacial score (nSPS) is 10.5. The van der Waals surface area contributed by atoms with E-state index in [1.54, 1.807) is 14.0 Å². The average molecular weight is 424 g/mol. The van der Waals surface area contributed by atoms with Crippen molar-refractivity contribution in [2.75, 3.05) is 19.0 Å². The van der Waals surface area contributed by atoms with E-state index in [0.29, 0.717) is 34.7 Å². The molecule has 1 N–H and O–H groups in total. The Morgan fingerprint density at radius 3 is 2.53 bits per heavy atom. The number of carbonyl (C=O) groups is 2. The summed E-state index contributed by atoms with van der Waals surface area (Å²) in [6, 6.07) is 15.6. The van der Waals surface area contributed by atoms with E-state index < -0.39 is 5.97 Å². The lowest BCUT2D eigenvalue weighted by molar-refractivity contribution is -0.116. The fourth-order valence-corrected chi connectivity index (χ4v) is 4.14. The lowest BCUT2D eigenvalue weighted by Crippen LogP contribution is -2.15. The Morgan fingerprint density at radius 1 is 1.07 bits per heavy atom. The first-order valence-electron chi connectivity index (χ1n) is 9.80. The van der Waals surface area contributed by atoms with Gasteiger partial charge in [-0.3, -0.25) is 4.79 Å². The van der Waals surface area contributed by atoms with Crippen LogP contribution >= 0.6 is 11.3 Å². The molecule has 3 aromatic rings. The minimum Gasteiger partial charge on any atom is -0.496 e. The maximum absolute atomic E-state index is 12.8. The quantitative estimate of drug-likeness (QED) is 0.487. The molecule has 0 radical (unpaired) electrons. The molecule has 0 aliphatic carbocycles. The predicted octanol–water partition coefficient (Wildman–Crippen LogP) is 5.48. The Morgan fingerprint density at radius 2 is 1.83 bits per heavy atom. The number of nitrogens with one attached hydrogen (secondary N) is 1. The van der Waals surface area contributed by atoms with Gasteiger partial charge in [0.1, 0.15) is 16.3 Å². The summed E-state index contributed by atoms with van der Waals surface area (Å²) in [5.74, 6) is 0.0515. The Bertz CT molecular complexity index is 1030. The Balaban J connectivity index is 1.89. The van der Waals surface area contributed by atoms with Crippen molar-refractivity contribution in [3.8, 4) is 16.9 Å². The highest BCUT2D eigenvalue weighted by Crippen LogP contribution is 2.40. The molecule has 6 heteroatoms. The smallest absolute Gasteiger partial charge is 0.341 e. The van der Waals surface area contributed by atoms with Crippen molar-refractivity contribution in [2.24, 2.45) is 0 Å². The Labute approximate surface area is 180 Å². The minimum absolute atomic E-state index is 0.144. The molecular formula is C24H25NO4S. The number of esters is 1. The lowest BCUT2D eigenvalue weighted by Gasteiger charge is -2.12. The fourth-order valence-electron chi connectivity index (χ4n) is 3.18. The van der Waals surface area contributed by atoms with E-state index in [4.69, 9.17) is 9.47 Å². The number of hydrogen-bond acceptors (Lipinski definition) is 5. The van der Waals surface area contributed by atoms with Crippen LogP contribution in [0.4, 0.5) is 5.00 Å². The number of methoxy groups -OCH3 is 1. The minimum atomic E-state index is -0.462. The zero-order chi connectivity index (χ0) is 21.5. The molecular weight excluding hydrogens is 398 g/mol. The first-order valence-corrected chi connectivity index (χ1v) is 10.7. The van der Waals surface area contributed by atoms with Crippen molar-refractivity contribution in [2.45, 2.75) is 26.7 Å². The molecule has 0 saturated heterocycles. The van der Waals surface area contributed by atoms with Gasteiger partial charge in [0, 0.05) is 22.9 Å². The molecule has 5 nitrogen and oxygen atoms in total. The standard InChI is InChI=1S/C24H25NO4S/c1-4-29-24(27)22-19(18-14-16(2)10-12-20(18)28-3)15-30-23(22)25-21(26)13-11-17-8-6-5-7-9-17/h5-10,12,14-15H,4,11,13H2,1-3H3,(H,25,26). The van der Waals surface area contributed by atoms with Gasteiger partial charge in [0.25, 0.3) is 0 Å². The largest absolute Gasteiger partial charge is 0.496 e. The Kier molecular flexibility index (Phi) is 7.25.